The van der Waals surface area contributed by atoms with Crippen LogP contribution in [0.15, 0.2) is 5.10 Å². The van der Waals surface area contributed by atoms with Crippen LogP contribution in [0, 0.1) is 5.92 Å². The van der Waals surface area contributed by atoms with E-state index in [0.717, 1.165) is 57.5 Å². The molecule has 1 saturated carbocycles. The molecular formula is C14H22N2O3. The summed E-state index contributed by atoms with van der Waals surface area (Å²) in [5.41, 5.74) is 1.01. The van der Waals surface area contributed by atoms with Gasteiger partial charge in [0.15, 0.2) is 0 Å². The van der Waals surface area contributed by atoms with E-state index in [1.807, 2.05) is 0 Å². The molecule has 19 heavy (non-hydrogen) atoms. The second-order valence-electron chi connectivity index (χ2n) is 5.81. The molecule has 0 bridgehead atoms. The van der Waals surface area contributed by atoms with E-state index in [9.17, 15) is 9.90 Å². The fraction of sp³-hybridized carbons (Fsp3) is 0.857. The molecule has 0 spiro atoms. The normalized spacial score (nSPS) is 33.6. The summed E-state index contributed by atoms with van der Waals surface area (Å²) >= 11 is 0. The van der Waals surface area contributed by atoms with Crippen LogP contribution in [0.4, 0.5) is 0 Å². The van der Waals surface area contributed by atoms with Gasteiger partial charge < -0.3 is 9.84 Å². The lowest BCUT2D eigenvalue weighted by Gasteiger charge is -2.32. The van der Waals surface area contributed by atoms with Gasteiger partial charge in [0.05, 0.1) is 24.3 Å². The zero-order valence-corrected chi connectivity index (χ0v) is 11.3. The summed E-state index contributed by atoms with van der Waals surface area (Å²) in [6.07, 6.45) is 5.75. The number of nitrogens with zero attached hydrogens (tertiary/aromatic N) is 2. The third-order valence-corrected chi connectivity index (χ3v) is 4.52. The Morgan fingerprint density at radius 2 is 1.89 bits per heavy atom. The molecule has 2 atom stereocenters. The molecule has 0 aromatic carbocycles. The van der Waals surface area contributed by atoms with E-state index < -0.39 is 6.10 Å². The van der Waals surface area contributed by atoms with Crippen LogP contribution in [0.25, 0.3) is 0 Å². The summed E-state index contributed by atoms with van der Waals surface area (Å²) in [4.78, 5) is 12.1. The van der Waals surface area contributed by atoms with Gasteiger partial charge in [0.2, 0.25) is 5.91 Å². The minimum atomic E-state index is -0.407. The molecule has 3 aliphatic rings. The first-order valence-electron chi connectivity index (χ1n) is 7.41. The summed E-state index contributed by atoms with van der Waals surface area (Å²) < 4.78 is 5.35. The smallest absolute Gasteiger partial charge is 0.248 e. The first kappa shape index (κ1) is 13.1. The molecule has 1 saturated heterocycles. The molecule has 5 heteroatoms. The van der Waals surface area contributed by atoms with Gasteiger partial charge in [0, 0.05) is 19.1 Å². The van der Waals surface area contributed by atoms with E-state index in [4.69, 9.17) is 4.74 Å². The van der Waals surface area contributed by atoms with Gasteiger partial charge in [-0.05, 0) is 25.7 Å². The lowest BCUT2D eigenvalue weighted by molar-refractivity contribution is -0.134. The molecule has 1 aliphatic carbocycles. The maximum absolute atomic E-state index is 12.1. The number of amides is 1. The molecule has 2 heterocycles. The van der Waals surface area contributed by atoms with Crippen molar-refractivity contribution in [3.05, 3.63) is 0 Å². The minimum absolute atomic E-state index is 0.0624. The topological polar surface area (TPSA) is 62.1 Å². The van der Waals surface area contributed by atoms with Gasteiger partial charge in [0.1, 0.15) is 0 Å². The standard InChI is InChI=1S/C14H22N2O3/c17-13-4-2-1-3-12(13)16-14(18)9-11(15-16)10-5-7-19-8-6-10/h10,12-13,17H,1-9H2/t12-,13-/m1/s1. The number of hydrogen-bond donors (Lipinski definition) is 1. The first-order valence-corrected chi connectivity index (χ1v) is 7.41. The molecular weight excluding hydrogens is 244 g/mol. The molecule has 0 unspecified atom stereocenters. The van der Waals surface area contributed by atoms with Crippen LogP contribution in [0.3, 0.4) is 0 Å². The van der Waals surface area contributed by atoms with E-state index in [1.165, 1.54) is 0 Å². The van der Waals surface area contributed by atoms with E-state index in [2.05, 4.69) is 5.10 Å². The summed E-state index contributed by atoms with van der Waals surface area (Å²) in [5, 5.41) is 16.2. The highest BCUT2D eigenvalue weighted by atomic mass is 16.5. The van der Waals surface area contributed by atoms with Crippen LogP contribution >= 0.6 is 0 Å². The van der Waals surface area contributed by atoms with Gasteiger partial charge in [-0.3, -0.25) is 4.79 Å². The first-order chi connectivity index (χ1) is 9.25. The predicted octanol–water partition coefficient (Wildman–Crippen LogP) is 1.30. The Bertz CT molecular complexity index is 377. The lowest BCUT2D eigenvalue weighted by Crippen LogP contribution is -2.43. The van der Waals surface area contributed by atoms with Gasteiger partial charge in [0.25, 0.3) is 0 Å². The monoisotopic (exact) mass is 266 g/mol. The molecule has 1 amide bonds. The zero-order valence-electron chi connectivity index (χ0n) is 11.3. The van der Waals surface area contributed by atoms with E-state index >= 15 is 0 Å². The van der Waals surface area contributed by atoms with Crippen LogP contribution in [0.5, 0.6) is 0 Å². The fourth-order valence-electron chi connectivity index (χ4n) is 3.36. The summed E-state index contributed by atoms with van der Waals surface area (Å²) in [6, 6.07) is -0.0985. The Morgan fingerprint density at radius 1 is 1.16 bits per heavy atom. The summed E-state index contributed by atoms with van der Waals surface area (Å²) in [5.74, 6) is 0.455. The number of carbonyl (C=O) groups is 1. The molecule has 2 fully saturated rings. The number of aliphatic hydroxyl groups is 1. The highest BCUT2D eigenvalue weighted by Gasteiger charge is 2.37. The van der Waals surface area contributed by atoms with Gasteiger partial charge in [-0.15, -0.1) is 0 Å². The Balaban J connectivity index is 1.71. The Morgan fingerprint density at radius 3 is 2.63 bits per heavy atom. The average Bonchev–Trinajstić information content (AvgIpc) is 2.82. The number of aliphatic hydroxyl groups excluding tert-OH is 1. The average molecular weight is 266 g/mol. The predicted molar refractivity (Wildman–Crippen MR) is 70.7 cm³/mol. The number of rotatable bonds is 2. The molecule has 5 nitrogen and oxygen atoms in total. The second kappa shape index (κ2) is 5.59. The van der Waals surface area contributed by atoms with Crippen molar-refractivity contribution in [1.29, 1.82) is 0 Å². The third kappa shape index (κ3) is 2.67. The number of ether oxygens (including phenoxy) is 1. The van der Waals surface area contributed by atoms with Crippen LogP contribution in [-0.4, -0.2) is 47.1 Å². The van der Waals surface area contributed by atoms with Crippen molar-refractivity contribution in [2.45, 2.75) is 57.1 Å². The van der Waals surface area contributed by atoms with Crippen molar-refractivity contribution < 1.29 is 14.6 Å². The molecule has 0 aromatic rings. The molecule has 1 N–H and O–H groups in total. The quantitative estimate of drug-likeness (QED) is 0.819. The molecule has 2 aliphatic heterocycles. The Hall–Kier alpha value is -0.940. The van der Waals surface area contributed by atoms with Crippen LogP contribution < -0.4 is 0 Å². The lowest BCUT2D eigenvalue weighted by atomic mass is 9.92. The molecule has 3 rings (SSSR count). The van der Waals surface area contributed by atoms with E-state index in [1.54, 1.807) is 5.01 Å². The van der Waals surface area contributed by atoms with Crippen molar-refractivity contribution >= 4 is 11.6 Å². The largest absolute Gasteiger partial charge is 0.391 e. The zero-order chi connectivity index (χ0) is 13.2. The van der Waals surface area contributed by atoms with E-state index in [0.29, 0.717) is 12.3 Å². The second-order valence-corrected chi connectivity index (χ2v) is 5.81. The maximum Gasteiger partial charge on any atom is 0.248 e. The maximum atomic E-state index is 12.1. The van der Waals surface area contributed by atoms with Gasteiger partial charge >= 0.3 is 0 Å². The fourth-order valence-corrected chi connectivity index (χ4v) is 3.36. The van der Waals surface area contributed by atoms with Crippen LogP contribution in [0.2, 0.25) is 0 Å². The molecule has 106 valence electrons. The molecule has 0 radical (unpaired) electrons. The summed E-state index contributed by atoms with van der Waals surface area (Å²) in [7, 11) is 0. The van der Waals surface area contributed by atoms with Gasteiger partial charge in [-0.1, -0.05) is 12.8 Å². The van der Waals surface area contributed by atoms with Crippen molar-refractivity contribution in [2.24, 2.45) is 11.0 Å². The Labute approximate surface area is 113 Å². The van der Waals surface area contributed by atoms with Crippen LogP contribution in [-0.2, 0) is 9.53 Å². The Kier molecular flexibility index (Phi) is 3.84. The van der Waals surface area contributed by atoms with Crippen molar-refractivity contribution in [3.8, 4) is 0 Å². The van der Waals surface area contributed by atoms with Crippen LogP contribution in [0.1, 0.15) is 44.9 Å². The number of carbonyl (C=O) groups excluding carboxylic acids is 1. The number of hydrazone groups is 1. The van der Waals surface area contributed by atoms with Gasteiger partial charge in [-0.2, -0.15) is 5.10 Å². The van der Waals surface area contributed by atoms with E-state index in [-0.39, 0.29) is 11.9 Å². The van der Waals surface area contributed by atoms with Gasteiger partial charge in [-0.25, -0.2) is 5.01 Å². The highest BCUT2D eigenvalue weighted by Crippen LogP contribution is 2.29. The number of hydrogen-bond acceptors (Lipinski definition) is 4. The minimum Gasteiger partial charge on any atom is -0.391 e. The van der Waals surface area contributed by atoms with Crippen molar-refractivity contribution in [3.63, 3.8) is 0 Å². The summed E-state index contributed by atoms with van der Waals surface area (Å²) in [6.45, 7) is 1.54. The molecule has 0 aromatic heterocycles. The van der Waals surface area contributed by atoms with Crippen molar-refractivity contribution in [2.75, 3.05) is 13.2 Å². The van der Waals surface area contributed by atoms with Crippen molar-refractivity contribution in [1.82, 2.24) is 5.01 Å². The third-order valence-electron chi connectivity index (χ3n) is 4.52. The SMILES string of the molecule is O=C1CC(C2CCOCC2)=NN1[C@@H]1CCCC[C@H]1O. The highest BCUT2D eigenvalue weighted by molar-refractivity contribution is 6.06.